The first-order chi connectivity index (χ1) is 13.8. The number of fused-ring (bicyclic) bond motifs is 3. The average molecular weight is 400 g/mol. The molecule has 0 amide bonds. The lowest BCUT2D eigenvalue weighted by molar-refractivity contribution is 0.878. The predicted molar refractivity (Wildman–Crippen MR) is 113 cm³/mol. The molecule has 0 bridgehead atoms. The molecule has 28 heavy (non-hydrogen) atoms. The Morgan fingerprint density at radius 2 is 2.00 bits per heavy atom. The van der Waals surface area contributed by atoms with Crippen LogP contribution < -0.4 is 0 Å². The molecule has 3 heterocycles. The molecule has 0 atom stereocenters. The fourth-order valence-corrected chi connectivity index (χ4v) is 4.67. The Kier molecular flexibility index (Phi) is 4.28. The Morgan fingerprint density at radius 3 is 2.86 bits per heavy atom. The molecular weight excluding hydrogens is 386 g/mol. The molecule has 5 rings (SSSR count). The van der Waals surface area contributed by atoms with Crippen LogP contribution in [0, 0.1) is 11.3 Å². The number of H-pyrrole nitrogens is 1. The molecule has 0 fully saturated rings. The molecule has 0 unspecified atom stereocenters. The van der Waals surface area contributed by atoms with Gasteiger partial charge in [0.1, 0.15) is 5.52 Å². The fourth-order valence-electron chi connectivity index (χ4n) is 3.22. The molecular formula is C21H13N5S2. The standard InChI is InChI=1S/C21H13N5S2/c22-10-13-4-1-2-5-14(13)12-28-21-24-20-19(25-26-21)18-16(15-8-9-27-11-15)6-3-7-17(18)23-20/h1-9,11H,12H2,(H,23,24,26). The highest BCUT2D eigenvalue weighted by molar-refractivity contribution is 7.98. The maximum atomic E-state index is 9.23. The number of aromatic nitrogens is 4. The highest BCUT2D eigenvalue weighted by atomic mass is 32.2. The molecule has 0 saturated carbocycles. The molecule has 1 N–H and O–H groups in total. The number of thiophene rings is 1. The largest absolute Gasteiger partial charge is 0.338 e. The molecule has 5 aromatic rings. The van der Waals surface area contributed by atoms with Crippen molar-refractivity contribution >= 4 is 45.2 Å². The van der Waals surface area contributed by atoms with Crippen molar-refractivity contribution in [1.29, 1.82) is 5.26 Å². The number of aromatic amines is 1. The summed E-state index contributed by atoms with van der Waals surface area (Å²) in [6.45, 7) is 0. The topological polar surface area (TPSA) is 78.2 Å². The second-order valence-electron chi connectivity index (χ2n) is 6.21. The van der Waals surface area contributed by atoms with E-state index in [1.54, 1.807) is 11.3 Å². The molecule has 3 aromatic heterocycles. The van der Waals surface area contributed by atoms with Crippen LogP contribution in [0.1, 0.15) is 11.1 Å². The summed E-state index contributed by atoms with van der Waals surface area (Å²) in [5.74, 6) is 0.622. The van der Waals surface area contributed by atoms with Crippen LogP contribution in [0.4, 0.5) is 0 Å². The van der Waals surface area contributed by atoms with Gasteiger partial charge >= 0.3 is 0 Å². The summed E-state index contributed by atoms with van der Waals surface area (Å²) in [6, 6.07) is 18.1. The zero-order valence-electron chi connectivity index (χ0n) is 14.6. The molecule has 0 spiro atoms. The monoisotopic (exact) mass is 399 g/mol. The number of nitrogens with one attached hydrogen (secondary N) is 1. The van der Waals surface area contributed by atoms with Gasteiger partial charge in [-0.1, -0.05) is 42.1 Å². The zero-order chi connectivity index (χ0) is 18.9. The number of hydrogen-bond donors (Lipinski definition) is 1. The molecule has 5 nitrogen and oxygen atoms in total. The lowest BCUT2D eigenvalue weighted by atomic mass is 10.0. The predicted octanol–water partition coefficient (Wildman–Crippen LogP) is 5.40. The van der Waals surface area contributed by atoms with Crippen LogP contribution in [-0.4, -0.2) is 20.2 Å². The van der Waals surface area contributed by atoms with E-state index in [4.69, 9.17) is 0 Å². The van der Waals surface area contributed by atoms with Crippen molar-refractivity contribution in [2.45, 2.75) is 10.9 Å². The van der Waals surface area contributed by atoms with Crippen LogP contribution in [0.15, 0.2) is 64.4 Å². The maximum Gasteiger partial charge on any atom is 0.211 e. The minimum Gasteiger partial charge on any atom is -0.338 e. The SMILES string of the molecule is N#Cc1ccccc1CSc1nnc2c(n1)[nH]c1cccc(-c3ccsc3)c12. The third kappa shape index (κ3) is 2.93. The molecule has 134 valence electrons. The molecule has 0 aliphatic heterocycles. The average Bonchev–Trinajstić information content (AvgIpc) is 3.39. The molecule has 0 saturated heterocycles. The van der Waals surface area contributed by atoms with Gasteiger partial charge in [0, 0.05) is 16.7 Å². The quantitative estimate of drug-likeness (QED) is 0.409. The summed E-state index contributed by atoms with van der Waals surface area (Å²) in [4.78, 5) is 8.02. The zero-order valence-corrected chi connectivity index (χ0v) is 16.2. The third-order valence-electron chi connectivity index (χ3n) is 4.55. The van der Waals surface area contributed by atoms with Crippen molar-refractivity contribution in [1.82, 2.24) is 20.2 Å². The van der Waals surface area contributed by atoms with E-state index < -0.39 is 0 Å². The third-order valence-corrected chi connectivity index (χ3v) is 6.12. The number of thioether (sulfide) groups is 1. The summed E-state index contributed by atoms with van der Waals surface area (Å²) < 4.78 is 0. The summed E-state index contributed by atoms with van der Waals surface area (Å²) in [6.07, 6.45) is 0. The second kappa shape index (κ2) is 7.08. The maximum absolute atomic E-state index is 9.23. The van der Waals surface area contributed by atoms with Crippen molar-refractivity contribution < 1.29 is 0 Å². The van der Waals surface area contributed by atoms with Crippen molar-refractivity contribution in [2.24, 2.45) is 0 Å². The van der Waals surface area contributed by atoms with Gasteiger partial charge in [-0.25, -0.2) is 4.98 Å². The van der Waals surface area contributed by atoms with Gasteiger partial charge in [-0.2, -0.15) is 16.6 Å². The van der Waals surface area contributed by atoms with E-state index in [0.717, 1.165) is 33.2 Å². The van der Waals surface area contributed by atoms with Crippen molar-refractivity contribution in [2.75, 3.05) is 0 Å². The van der Waals surface area contributed by atoms with Crippen LogP contribution in [0.2, 0.25) is 0 Å². The Balaban J connectivity index is 1.53. The Hall–Kier alpha value is -3.21. The Morgan fingerprint density at radius 1 is 1.07 bits per heavy atom. The van der Waals surface area contributed by atoms with Gasteiger partial charge in [0.15, 0.2) is 5.65 Å². The Labute approximate surface area is 169 Å². The van der Waals surface area contributed by atoms with E-state index in [2.05, 4.69) is 49.1 Å². The number of rotatable bonds is 4. The fraction of sp³-hybridized carbons (Fsp3) is 0.0476. The van der Waals surface area contributed by atoms with E-state index in [9.17, 15) is 5.26 Å². The van der Waals surface area contributed by atoms with Gasteiger partial charge in [-0.05, 0) is 45.6 Å². The van der Waals surface area contributed by atoms with Gasteiger partial charge < -0.3 is 4.98 Å². The van der Waals surface area contributed by atoms with Crippen LogP contribution in [0.3, 0.4) is 0 Å². The minimum atomic E-state index is 0.587. The Bertz CT molecular complexity index is 1330. The second-order valence-corrected chi connectivity index (χ2v) is 7.94. The van der Waals surface area contributed by atoms with E-state index in [-0.39, 0.29) is 0 Å². The summed E-state index contributed by atoms with van der Waals surface area (Å²) in [7, 11) is 0. The number of benzene rings is 2. The van der Waals surface area contributed by atoms with Gasteiger partial charge in [0.2, 0.25) is 5.16 Å². The summed E-state index contributed by atoms with van der Waals surface area (Å²) >= 11 is 3.15. The lowest BCUT2D eigenvalue weighted by Gasteiger charge is -2.03. The first-order valence-corrected chi connectivity index (χ1v) is 10.5. The molecule has 0 aliphatic carbocycles. The molecule has 2 aromatic carbocycles. The van der Waals surface area contributed by atoms with Crippen molar-refractivity contribution in [3.05, 3.63) is 70.4 Å². The van der Waals surface area contributed by atoms with Gasteiger partial charge in [-0.3, -0.25) is 0 Å². The number of hydrogen-bond acceptors (Lipinski definition) is 6. The van der Waals surface area contributed by atoms with Crippen LogP contribution in [0.25, 0.3) is 33.2 Å². The van der Waals surface area contributed by atoms with Crippen molar-refractivity contribution in [3.8, 4) is 17.2 Å². The van der Waals surface area contributed by atoms with Crippen LogP contribution in [-0.2, 0) is 5.75 Å². The number of nitrogens with zero attached hydrogens (tertiary/aromatic N) is 4. The lowest BCUT2D eigenvalue weighted by Crippen LogP contribution is -1.93. The highest BCUT2D eigenvalue weighted by Crippen LogP contribution is 2.34. The van der Waals surface area contributed by atoms with Crippen LogP contribution in [0.5, 0.6) is 0 Å². The first kappa shape index (κ1) is 16.9. The summed E-state index contributed by atoms with van der Waals surface area (Å²) in [5.41, 5.74) is 6.44. The van der Waals surface area contributed by atoms with Gasteiger partial charge in [-0.15, -0.1) is 10.2 Å². The normalized spacial score (nSPS) is 11.1. The van der Waals surface area contributed by atoms with Crippen molar-refractivity contribution in [3.63, 3.8) is 0 Å². The van der Waals surface area contributed by atoms with E-state index in [1.165, 1.54) is 17.3 Å². The first-order valence-electron chi connectivity index (χ1n) is 8.62. The van der Waals surface area contributed by atoms with Gasteiger partial charge in [0.25, 0.3) is 0 Å². The van der Waals surface area contributed by atoms with E-state index >= 15 is 0 Å². The number of nitriles is 1. The smallest absolute Gasteiger partial charge is 0.211 e. The summed E-state index contributed by atoms with van der Waals surface area (Å²) in [5, 5.41) is 23.9. The molecule has 0 radical (unpaired) electrons. The van der Waals surface area contributed by atoms with Gasteiger partial charge in [0.05, 0.1) is 11.6 Å². The van der Waals surface area contributed by atoms with E-state index in [0.29, 0.717) is 16.5 Å². The molecule has 0 aliphatic rings. The van der Waals surface area contributed by atoms with Crippen LogP contribution >= 0.6 is 23.1 Å². The highest BCUT2D eigenvalue weighted by Gasteiger charge is 2.14. The molecule has 7 heteroatoms. The van der Waals surface area contributed by atoms with E-state index in [1.807, 2.05) is 36.4 Å². The minimum absolute atomic E-state index is 0.587.